The Morgan fingerprint density at radius 1 is 1.14 bits per heavy atom. The van der Waals surface area contributed by atoms with Crippen molar-refractivity contribution < 1.29 is 14.3 Å². The number of ether oxygens (including phenoxy) is 1. The SMILES string of the molecule is CCCCCCOc1ccc(Br)cc1C(=O)NC(=S)Nc1cccc(C(N)=O)c1. The van der Waals surface area contributed by atoms with Gasteiger partial charge >= 0.3 is 0 Å². The molecular formula is C21H24BrN3O3S. The number of nitrogens with two attached hydrogens (primary N) is 1. The molecule has 0 spiro atoms. The van der Waals surface area contributed by atoms with Gasteiger partial charge in [-0.05, 0) is 55.0 Å². The van der Waals surface area contributed by atoms with Crippen molar-refractivity contribution in [2.75, 3.05) is 11.9 Å². The number of nitrogens with one attached hydrogen (secondary N) is 2. The van der Waals surface area contributed by atoms with Crippen molar-refractivity contribution >= 4 is 50.8 Å². The number of anilines is 1. The number of carbonyl (C=O) groups excluding carboxylic acids is 2. The zero-order chi connectivity index (χ0) is 21.2. The maximum atomic E-state index is 12.7. The highest BCUT2D eigenvalue weighted by atomic mass is 79.9. The summed E-state index contributed by atoms with van der Waals surface area (Å²) in [6, 6.07) is 11.8. The number of halogens is 1. The predicted molar refractivity (Wildman–Crippen MR) is 122 cm³/mol. The molecule has 2 rings (SSSR count). The van der Waals surface area contributed by atoms with E-state index in [1.807, 2.05) is 6.07 Å². The Balaban J connectivity index is 2.01. The molecule has 0 saturated carbocycles. The van der Waals surface area contributed by atoms with E-state index in [1.165, 1.54) is 0 Å². The lowest BCUT2D eigenvalue weighted by Gasteiger charge is -2.14. The van der Waals surface area contributed by atoms with Gasteiger partial charge in [0.25, 0.3) is 5.91 Å². The van der Waals surface area contributed by atoms with Crippen molar-refractivity contribution in [3.8, 4) is 5.75 Å². The summed E-state index contributed by atoms with van der Waals surface area (Å²) in [6.45, 7) is 2.70. The normalized spacial score (nSPS) is 10.3. The smallest absolute Gasteiger partial charge is 0.261 e. The molecule has 2 aromatic rings. The lowest BCUT2D eigenvalue weighted by atomic mass is 10.2. The van der Waals surface area contributed by atoms with Crippen LogP contribution < -0.4 is 21.1 Å². The summed E-state index contributed by atoms with van der Waals surface area (Å²) in [5, 5.41) is 5.62. The van der Waals surface area contributed by atoms with Crippen LogP contribution in [0.25, 0.3) is 0 Å². The second kappa shape index (κ2) is 11.5. The number of benzene rings is 2. The molecule has 0 fully saturated rings. The van der Waals surface area contributed by atoms with Gasteiger partial charge in [-0.25, -0.2) is 0 Å². The van der Waals surface area contributed by atoms with Gasteiger partial charge in [0.2, 0.25) is 5.91 Å². The molecule has 4 N–H and O–H groups in total. The van der Waals surface area contributed by atoms with Gasteiger partial charge in [-0.1, -0.05) is 48.2 Å². The van der Waals surface area contributed by atoms with Crippen LogP contribution in [0, 0.1) is 0 Å². The third kappa shape index (κ3) is 7.47. The average molecular weight is 478 g/mol. The largest absolute Gasteiger partial charge is 0.493 e. The summed E-state index contributed by atoms with van der Waals surface area (Å²) < 4.78 is 6.56. The highest BCUT2D eigenvalue weighted by Crippen LogP contribution is 2.24. The van der Waals surface area contributed by atoms with Crippen molar-refractivity contribution in [1.29, 1.82) is 0 Å². The summed E-state index contributed by atoms with van der Waals surface area (Å²) in [5.74, 6) is -0.433. The van der Waals surface area contributed by atoms with Crippen LogP contribution in [0.5, 0.6) is 5.75 Å². The molecule has 0 unspecified atom stereocenters. The van der Waals surface area contributed by atoms with E-state index in [0.29, 0.717) is 29.2 Å². The molecule has 0 atom stereocenters. The quantitative estimate of drug-likeness (QED) is 0.361. The fourth-order valence-corrected chi connectivity index (χ4v) is 3.17. The maximum Gasteiger partial charge on any atom is 0.261 e. The number of amides is 2. The van der Waals surface area contributed by atoms with E-state index < -0.39 is 11.8 Å². The summed E-state index contributed by atoms with van der Waals surface area (Å²) in [6.07, 6.45) is 4.33. The molecule has 0 heterocycles. The molecule has 2 aromatic carbocycles. The first kappa shape index (κ1) is 22.8. The van der Waals surface area contributed by atoms with Crippen LogP contribution in [-0.4, -0.2) is 23.5 Å². The number of primary amides is 1. The molecule has 154 valence electrons. The maximum absolute atomic E-state index is 12.7. The topological polar surface area (TPSA) is 93.4 Å². The monoisotopic (exact) mass is 477 g/mol. The second-order valence-corrected chi connectivity index (χ2v) is 7.73. The van der Waals surface area contributed by atoms with Gasteiger partial charge in [-0.15, -0.1) is 0 Å². The molecule has 8 heteroatoms. The number of thiocarbonyl (C=S) groups is 1. The van der Waals surface area contributed by atoms with Crippen LogP contribution in [0.1, 0.15) is 53.3 Å². The molecule has 0 aromatic heterocycles. The Bertz CT molecular complexity index is 889. The lowest BCUT2D eigenvalue weighted by Crippen LogP contribution is -2.34. The molecule has 29 heavy (non-hydrogen) atoms. The fraction of sp³-hybridized carbons (Fsp3) is 0.286. The molecule has 0 radical (unpaired) electrons. The standard InChI is InChI=1S/C21H24BrN3O3S/c1-2-3-4-5-11-28-18-10-9-15(22)13-17(18)20(27)25-21(29)24-16-8-6-7-14(12-16)19(23)26/h6-10,12-13H,2-5,11H2,1H3,(H2,23,26)(H2,24,25,27,29). The van der Waals surface area contributed by atoms with Crippen LogP contribution in [0.2, 0.25) is 0 Å². The van der Waals surface area contributed by atoms with Crippen molar-refractivity contribution in [2.24, 2.45) is 5.73 Å². The molecule has 0 aliphatic carbocycles. The van der Waals surface area contributed by atoms with E-state index >= 15 is 0 Å². The summed E-state index contributed by atoms with van der Waals surface area (Å²) in [4.78, 5) is 24.0. The Labute approximate surface area is 184 Å². The minimum absolute atomic E-state index is 0.102. The molecule has 0 bridgehead atoms. The lowest BCUT2D eigenvalue weighted by molar-refractivity contribution is 0.0971. The van der Waals surface area contributed by atoms with E-state index in [4.69, 9.17) is 22.7 Å². The Morgan fingerprint density at radius 3 is 2.66 bits per heavy atom. The van der Waals surface area contributed by atoms with Crippen molar-refractivity contribution in [3.05, 3.63) is 58.1 Å². The van der Waals surface area contributed by atoms with Gasteiger partial charge in [0.1, 0.15) is 5.75 Å². The molecule has 2 amide bonds. The van der Waals surface area contributed by atoms with Gasteiger partial charge in [0.05, 0.1) is 12.2 Å². The first-order valence-corrected chi connectivity index (χ1v) is 10.6. The Morgan fingerprint density at radius 2 is 1.93 bits per heavy atom. The Hall–Kier alpha value is -2.45. The third-order valence-corrected chi connectivity index (χ3v) is 4.77. The number of hydrogen-bond acceptors (Lipinski definition) is 4. The summed E-state index contributed by atoms with van der Waals surface area (Å²) in [5.41, 5.74) is 6.55. The van der Waals surface area contributed by atoms with Crippen LogP contribution in [0.3, 0.4) is 0 Å². The van der Waals surface area contributed by atoms with E-state index in [9.17, 15) is 9.59 Å². The van der Waals surface area contributed by atoms with Gasteiger partial charge in [-0.3, -0.25) is 14.9 Å². The van der Waals surface area contributed by atoms with Gasteiger partial charge in [0, 0.05) is 15.7 Å². The highest BCUT2D eigenvalue weighted by molar-refractivity contribution is 9.10. The first-order valence-electron chi connectivity index (χ1n) is 9.35. The molecule has 0 aliphatic heterocycles. The number of carbonyl (C=O) groups is 2. The summed E-state index contributed by atoms with van der Waals surface area (Å²) >= 11 is 8.60. The fourth-order valence-electron chi connectivity index (χ4n) is 2.60. The van der Waals surface area contributed by atoms with E-state index in [1.54, 1.807) is 36.4 Å². The predicted octanol–water partition coefficient (Wildman–Crippen LogP) is 4.63. The molecule has 0 aliphatic rings. The van der Waals surface area contributed by atoms with Crippen molar-refractivity contribution in [3.63, 3.8) is 0 Å². The van der Waals surface area contributed by atoms with Crippen molar-refractivity contribution in [1.82, 2.24) is 5.32 Å². The molecule has 6 nitrogen and oxygen atoms in total. The van der Waals surface area contributed by atoms with Gasteiger partial charge < -0.3 is 15.8 Å². The molecule has 0 saturated heterocycles. The third-order valence-electron chi connectivity index (χ3n) is 4.07. The minimum Gasteiger partial charge on any atom is -0.493 e. The van der Waals surface area contributed by atoms with E-state index in [-0.39, 0.29) is 5.11 Å². The second-order valence-electron chi connectivity index (χ2n) is 6.40. The number of rotatable bonds is 9. The molecular weight excluding hydrogens is 454 g/mol. The first-order chi connectivity index (χ1) is 13.9. The highest BCUT2D eigenvalue weighted by Gasteiger charge is 2.15. The summed E-state index contributed by atoms with van der Waals surface area (Å²) in [7, 11) is 0. The van der Waals surface area contributed by atoms with Crippen LogP contribution >= 0.6 is 28.1 Å². The van der Waals surface area contributed by atoms with Crippen LogP contribution in [-0.2, 0) is 0 Å². The van der Waals surface area contributed by atoms with Gasteiger partial charge in [-0.2, -0.15) is 0 Å². The van der Waals surface area contributed by atoms with E-state index in [2.05, 4.69) is 33.5 Å². The number of unbranched alkanes of at least 4 members (excludes halogenated alkanes) is 3. The zero-order valence-corrected chi connectivity index (χ0v) is 18.6. The van der Waals surface area contributed by atoms with Crippen LogP contribution in [0.15, 0.2) is 46.9 Å². The van der Waals surface area contributed by atoms with E-state index in [0.717, 1.165) is 30.2 Å². The van der Waals surface area contributed by atoms with Crippen molar-refractivity contribution in [2.45, 2.75) is 32.6 Å². The minimum atomic E-state index is -0.543. The van der Waals surface area contributed by atoms with Crippen LogP contribution in [0.4, 0.5) is 5.69 Å². The van der Waals surface area contributed by atoms with Gasteiger partial charge in [0.15, 0.2) is 5.11 Å². The number of hydrogen-bond donors (Lipinski definition) is 3. The Kier molecular flexibility index (Phi) is 9.08. The average Bonchev–Trinajstić information content (AvgIpc) is 2.68. The zero-order valence-electron chi connectivity index (χ0n) is 16.2.